The van der Waals surface area contributed by atoms with Crippen LogP contribution in [0.2, 0.25) is 0 Å². The SMILES string of the molecule is CCCCCCCCCCCCCCCCCCCCCCCCCC(=O)OCC(COC(=O)CCCCCCCCCCCCCCC)OC(=O)CCCCCCCCCCCCCCCCCCCCC. The first kappa shape index (κ1) is 71.4. The molecule has 0 aliphatic carbocycles. The Hall–Kier alpha value is -1.59. The highest BCUT2D eigenvalue weighted by atomic mass is 16.6. The molecule has 0 aromatic rings. The maximum absolute atomic E-state index is 12.9. The largest absolute Gasteiger partial charge is 0.462 e. The normalized spacial score (nSPS) is 11.9. The standard InChI is InChI=1S/C67H130O6/c1-4-7-10-13-16-19-22-25-27-29-31-32-33-34-36-37-39-42-45-48-51-54-57-60-66(69)72-63-64(62-71-65(68)59-56-53-50-47-44-41-24-21-18-15-12-9-6-3)73-67(70)61-58-55-52-49-46-43-40-38-35-30-28-26-23-20-17-14-11-8-5-2/h64H,4-63H2,1-3H3. The van der Waals surface area contributed by atoms with Crippen molar-refractivity contribution in [2.75, 3.05) is 13.2 Å². The average Bonchev–Trinajstić information content (AvgIpc) is 3.39. The molecule has 0 fully saturated rings. The predicted molar refractivity (Wildman–Crippen MR) is 317 cm³/mol. The quantitative estimate of drug-likeness (QED) is 0.0343. The van der Waals surface area contributed by atoms with Crippen molar-refractivity contribution in [1.29, 1.82) is 0 Å². The molecule has 1 atom stereocenters. The van der Waals surface area contributed by atoms with Crippen LogP contribution in [0, 0.1) is 0 Å². The van der Waals surface area contributed by atoms with E-state index < -0.39 is 6.10 Å². The second kappa shape index (κ2) is 62.9. The highest BCUT2D eigenvalue weighted by Crippen LogP contribution is 2.19. The van der Waals surface area contributed by atoms with Crippen LogP contribution in [0.15, 0.2) is 0 Å². The molecule has 0 aromatic carbocycles. The topological polar surface area (TPSA) is 78.9 Å². The van der Waals surface area contributed by atoms with Gasteiger partial charge in [-0.1, -0.05) is 355 Å². The monoisotopic (exact) mass is 1030 g/mol. The Morgan fingerprint density at radius 2 is 0.370 bits per heavy atom. The Kier molecular flexibility index (Phi) is 61.6. The summed E-state index contributed by atoms with van der Waals surface area (Å²) in [5.41, 5.74) is 0. The van der Waals surface area contributed by atoms with Crippen LogP contribution in [-0.2, 0) is 28.6 Å². The second-order valence-corrected chi connectivity index (χ2v) is 23.1. The van der Waals surface area contributed by atoms with E-state index in [-0.39, 0.29) is 31.1 Å². The number of hydrogen-bond donors (Lipinski definition) is 0. The van der Waals surface area contributed by atoms with Gasteiger partial charge in [-0.25, -0.2) is 0 Å². The predicted octanol–water partition coefficient (Wildman–Crippen LogP) is 22.7. The van der Waals surface area contributed by atoms with E-state index in [0.717, 1.165) is 57.8 Å². The van der Waals surface area contributed by atoms with E-state index >= 15 is 0 Å². The third kappa shape index (κ3) is 61.1. The molecule has 0 heterocycles. The summed E-state index contributed by atoms with van der Waals surface area (Å²) in [6.07, 6.45) is 72.6. The van der Waals surface area contributed by atoms with Crippen molar-refractivity contribution in [1.82, 2.24) is 0 Å². The van der Waals surface area contributed by atoms with Crippen LogP contribution < -0.4 is 0 Å². The maximum Gasteiger partial charge on any atom is 0.306 e. The van der Waals surface area contributed by atoms with Gasteiger partial charge in [-0.05, 0) is 19.3 Å². The molecule has 6 heteroatoms. The molecule has 0 N–H and O–H groups in total. The lowest BCUT2D eigenvalue weighted by Gasteiger charge is -2.18. The van der Waals surface area contributed by atoms with E-state index in [1.807, 2.05) is 0 Å². The smallest absolute Gasteiger partial charge is 0.306 e. The molecule has 0 aliphatic rings. The first-order valence-corrected chi connectivity index (χ1v) is 33.5. The van der Waals surface area contributed by atoms with Crippen molar-refractivity contribution in [2.45, 2.75) is 399 Å². The van der Waals surface area contributed by atoms with Crippen LogP contribution in [0.3, 0.4) is 0 Å². The Labute approximate surface area is 457 Å². The van der Waals surface area contributed by atoms with E-state index in [9.17, 15) is 14.4 Å². The molecule has 434 valence electrons. The van der Waals surface area contributed by atoms with Crippen LogP contribution in [0.1, 0.15) is 393 Å². The molecule has 0 bridgehead atoms. The maximum atomic E-state index is 12.9. The molecule has 6 nitrogen and oxygen atoms in total. The Morgan fingerprint density at radius 1 is 0.219 bits per heavy atom. The molecule has 0 saturated heterocycles. The van der Waals surface area contributed by atoms with Gasteiger partial charge >= 0.3 is 17.9 Å². The lowest BCUT2D eigenvalue weighted by Crippen LogP contribution is -2.30. The van der Waals surface area contributed by atoms with Gasteiger partial charge in [-0.2, -0.15) is 0 Å². The van der Waals surface area contributed by atoms with Crippen molar-refractivity contribution in [2.24, 2.45) is 0 Å². The fourth-order valence-corrected chi connectivity index (χ4v) is 10.6. The lowest BCUT2D eigenvalue weighted by molar-refractivity contribution is -0.167. The van der Waals surface area contributed by atoms with E-state index in [0.29, 0.717) is 19.3 Å². The molecular weight excluding hydrogens is 901 g/mol. The van der Waals surface area contributed by atoms with E-state index in [2.05, 4.69) is 20.8 Å². The third-order valence-electron chi connectivity index (χ3n) is 15.6. The van der Waals surface area contributed by atoms with Gasteiger partial charge in [-0.3, -0.25) is 14.4 Å². The number of hydrogen-bond acceptors (Lipinski definition) is 6. The number of ether oxygens (including phenoxy) is 3. The third-order valence-corrected chi connectivity index (χ3v) is 15.6. The highest BCUT2D eigenvalue weighted by Gasteiger charge is 2.19. The van der Waals surface area contributed by atoms with Crippen LogP contribution >= 0.6 is 0 Å². The fourth-order valence-electron chi connectivity index (χ4n) is 10.6. The molecule has 0 saturated carbocycles. The number of carbonyl (C=O) groups is 3. The zero-order chi connectivity index (χ0) is 52.9. The van der Waals surface area contributed by atoms with Crippen molar-refractivity contribution >= 4 is 17.9 Å². The minimum atomic E-state index is -0.762. The average molecular weight is 1030 g/mol. The first-order chi connectivity index (χ1) is 36.0. The summed E-state index contributed by atoms with van der Waals surface area (Å²) in [4.78, 5) is 38.3. The highest BCUT2D eigenvalue weighted by molar-refractivity contribution is 5.71. The second-order valence-electron chi connectivity index (χ2n) is 23.1. The summed E-state index contributed by atoms with van der Waals surface area (Å²) in [6, 6.07) is 0. The summed E-state index contributed by atoms with van der Waals surface area (Å²) < 4.78 is 17.0. The molecular formula is C67H130O6. The number of esters is 3. The van der Waals surface area contributed by atoms with Gasteiger partial charge in [0.25, 0.3) is 0 Å². The summed E-state index contributed by atoms with van der Waals surface area (Å²) >= 11 is 0. The lowest BCUT2D eigenvalue weighted by atomic mass is 10.0. The van der Waals surface area contributed by atoms with Crippen LogP contribution in [0.4, 0.5) is 0 Å². The molecule has 73 heavy (non-hydrogen) atoms. The van der Waals surface area contributed by atoms with Gasteiger partial charge in [0.1, 0.15) is 13.2 Å². The van der Waals surface area contributed by atoms with Crippen LogP contribution in [0.25, 0.3) is 0 Å². The van der Waals surface area contributed by atoms with Gasteiger partial charge in [-0.15, -0.1) is 0 Å². The minimum Gasteiger partial charge on any atom is -0.462 e. The Balaban J connectivity index is 4.21. The van der Waals surface area contributed by atoms with Gasteiger partial charge in [0, 0.05) is 19.3 Å². The molecule has 0 aromatic heterocycles. The zero-order valence-corrected chi connectivity index (χ0v) is 50.0. The molecule has 1 unspecified atom stereocenters. The molecule has 0 rings (SSSR count). The molecule has 0 amide bonds. The Bertz CT molecular complexity index is 1090. The van der Waals surface area contributed by atoms with E-state index in [4.69, 9.17) is 14.2 Å². The van der Waals surface area contributed by atoms with Crippen molar-refractivity contribution in [3.63, 3.8) is 0 Å². The van der Waals surface area contributed by atoms with Crippen molar-refractivity contribution < 1.29 is 28.6 Å². The number of unbranched alkanes of at least 4 members (excludes halogenated alkanes) is 52. The van der Waals surface area contributed by atoms with Crippen LogP contribution in [0.5, 0.6) is 0 Å². The van der Waals surface area contributed by atoms with Gasteiger partial charge < -0.3 is 14.2 Å². The van der Waals surface area contributed by atoms with Crippen molar-refractivity contribution in [3.8, 4) is 0 Å². The molecule has 0 aliphatic heterocycles. The molecule has 0 spiro atoms. The Morgan fingerprint density at radius 3 is 0.548 bits per heavy atom. The summed E-state index contributed by atoms with van der Waals surface area (Å²) in [5, 5.41) is 0. The summed E-state index contributed by atoms with van der Waals surface area (Å²) in [7, 11) is 0. The first-order valence-electron chi connectivity index (χ1n) is 33.5. The van der Waals surface area contributed by atoms with Gasteiger partial charge in [0.15, 0.2) is 6.10 Å². The zero-order valence-electron chi connectivity index (χ0n) is 50.0. The van der Waals surface area contributed by atoms with Gasteiger partial charge in [0.05, 0.1) is 0 Å². The number of carbonyl (C=O) groups excluding carboxylic acids is 3. The van der Waals surface area contributed by atoms with Crippen LogP contribution in [-0.4, -0.2) is 37.2 Å². The van der Waals surface area contributed by atoms with E-state index in [1.54, 1.807) is 0 Å². The van der Waals surface area contributed by atoms with E-state index in [1.165, 1.54) is 295 Å². The molecule has 0 radical (unpaired) electrons. The summed E-state index contributed by atoms with van der Waals surface area (Å²) in [6.45, 7) is 6.73. The number of rotatable bonds is 63. The fraction of sp³-hybridized carbons (Fsp3) is 0.955. The van der Waals surface area contributed by atoms with Gasteiger partial charge in [0.2, 0.25) is 0 Å². The minimum absolute atomic E-state index is 0.0604. The van der Waals surface area contributed by atoms with Crippen molar-refractivity contribution in [3.05, 3.63) is 0 Å². The summed E-state index contributed by atoms with van der Waals surface area (Å²) in [5.74, 6) is -0.823.